The summed E-state index contributed by atoms with van der Waals surface area (Å²) in [6, 6.07) is 1.25. The third-order valence-electron chi connectivity index (χ3n) is 2.78. The lowest BCUT2D eigenvalue weighted by Crippen LogP contribution is -2.33. The van der Waals surface area contributed by atoms with Crippen molar-refractivity contribution < 1.29 is 18.3 Å². The van der Waals surface area contributed by atoms with Crippen LogP contribution in [0.3, 0.4) is 0 Å². The molecule has 100 valence electrons. The summed E-state index contributed by atoms with van der Waals surface area (Å²) in [5.74, 6) is -1.17. The minimum Gasteiger partial charge on any atom is -0.393 e. The van der Waals surface area contributed by atoms with Gasteiger partial charge in [-0.1, -0.05) is 0 Å². The predicted octanol–water partition coefficient (Wildman–Crippen LogP) is 1.26. The molecule has 1 saturated carbocycles. The maximum Gasteiger partial charge on any atom is 0.451 e. The fourth-order valence-corrected chi connectivity index (χ4v) is 1.80. The topological polar surface area (TPSA) is 84.1 Å². The lowest BCUT2D eigenvalue weighted by Gasteiger charge is -2.31. The van der Waals surface area contributed by atoms with E-state index in [0.29, 0.717) is 19.4 Å². The number of nitrogens with two attached hydrogens (primary N) is 1. The van der Waals surface area contributed by atoms with Crippen LogP contribution in [0.1, 0.15) is 18.7 Å². The summed E-state index contributed by atoms with van der Waals surface area (Å²) >= 11 is 0. The first kappa shape index (κ1) is 12.9. The first-order valence-electron chi connectivity index (χ1n) is 5.48. The molecule has 0 aliphatic heterocycles. The van der Waals surface area contributed by atoms with Gasteiger partial charge in [-0.15, -0.1) is 0 Å². The minimum atomic E-state index is -4.61. The first-order chi connectivity index (χ1) is 8.34. The van der Waals surface area contributed by atoms with Gasteiger partial charge in [-0.25, -0.2) is 9.97 Å². The van der Waals surface area contributed by atoms with E-state index in [4.69, 9.17) is 10.8 Å². The summed E-state index contributed by atoms with van der Waals surface area (Å²) < 4.78 is 37.3. The van der Waals surface area contributed by atoms with Gasteiger partial charge in [0.2, 0.25) is 5.82 Å². The van der Waals surface area contributed by atoms with Crippen molar-refractivity contribution in [2.75, 3.05) is 17.6 Å². The van der Waals surface area contributed by atoms with Gasteiger partial charge in [0.15, 0.2) is 0 Å². The normalized spacial score (nSPS) is 23.6. The van der Waals surface area contributed by atoms with Gasteiger partial charge in [-0.2, -0.15) is 13.2 Å². The van der Waals surface area contributed by atoms with Crippen LogP contribution in [0.4, 0.5) is 24.8 Å². The van der Waals surface area contributed by atoms with E-state index in [9.17, 15) is 13.2 Å². The van der Waals surface area contributed by atoms with Crippen LogP contribution in [0.5, 0.6) is 0 Å². The smallest absolute Gasteiger partial charge is 0.393 e. The van der Waals surface area contributed by atoms with Crippen molar-refractivity contribution in [1.82, 2.24) is 9.97 Å². The maximum atomic E-state index is 12.4. The zero-order valence-electron chi connectivity index (χ0n) is 9.41. The average Bonchev–Trinajstić information content (AvgIpc) is 2.21. The third kappa shape index (κ3) is 3.00. The molecule has 0 aromatic carbocycles. The monoisotopic (exact) mass is 262 g/mol. The second kappa shape index (κ2) is 4.60. The van der Waals surface area contributed by atoms with Crippen molar-refractivity contribution in [2.45, 2.75) is 25.1 Å². The number of anilines is 2. The van der Waals surface area contributed by atoms with Gasteiger partial charge in [-0.3, -0.25) is 0 Å². The van der Waals surface area contributed by atoms with Crippen LogP contribution in [0.2, 0.25) is 0 Å². The number of hydrogen-bond donors (Lipinski definition) is 3. The zero-order valence-corrected chi connectivity index (χ0v) is 9.41. The lowest BCUT2D eigenvalue weighted by molar-refractivity contribution is -0.144. The van der Waals surface area contributed by atoms with Crippen molar-refractivity contribution in [3.8, 4) is 0 Å². The molecule has 2 rings (SSSR count). The molecule has 0 bridgehead atoms. The average molecular weight is 262 g/mol. The Labute approximate surface area is 101 Å². The number of nitrogens with zero attached hydrogens (tertiary/aromatic N) is 2. The molecule has 1 aromatic rings. The quantitative estimate of drug-likeness (QED) is 0.763. The van der Waals surface area contributed by atoms with Gasteiger partial charge in [-0.05, 0) is 18.8 Å². The highest BCUT2D eigenvalue weighted by Gasteiger charge is 2.35. The summed E-state index contributed by atoms with van der Waals surface area (Å²) in [5, 5.41) is 11.9. The molecule has 1 aromatic heterocycles. The van der Waals surface area contributed by atoms with Gasteiger partial charge < -0.3 is 16.2 Å². The Bertz CT molecular complexity index is 432. The van der Waals surface area contributed by atoms with E-state index in [0.717, 1.165) is 0 Å². The number of nitrogen functional groups attached to an aromatic ring is 1. The Balaban J connectivity index is 2.02. The van der Waals surface area contributed by atoms with Crippen molar-refractivity contribution in [2.24, 2.45) is 5.92 Å². The van der Waals surface area contributed by atoms with Crippen LogP contribution in [-0.2, 0) is 6.18 Å². The lowest BCUT2D eigenvalue weighted by atomic mass is 9.82. The molecule has 0 unspecified atom stereocenters. The first-order valence-corrected chi connectivity index (χ1v) is 5.48. The molecule has 4 N–H and O–H groups in total. The second-order valence-corrected chi connectivity index (χ2v) is 4.37. The molecule has 18 heavy (non-hydrogen) atoms. The number of nitrogens with one attached hydrogen (secondary N) is 1. The van der Waals surface area contributed by atoms with Crippen LogP contribution in [0.15, 0.2) is 6.07 Å². The van der Waals surface area contributed by atoms with Gasteiger partial charge in [0.1, 0.15) is 11.6 Å². The highest BCUT2D eigenvalue weighted by Crippen LogP contribution is 2.29. The summed E-state index contributed by atoms with van der Waals surface area (Å²) in [6.45, 7) is 0.463. The van der Waals surface area contributed by atoms with E-state index < -0.39 is 12.0 Å². The van der Waals surface area contributed by atoms with Crippen LogP contribution < -0.4 is 11.1 Å². The van der Waals surface area contributed by atoms with E-state index in [1.165, 1.54) is 6.07 Å². The van der Waals surface area contributed by atoms with E-state index in [1.54, 1.807) is 0 Å². The fraction of sp³-hybridized carbons (Fsp3) is 0.600. The number of rotatable bonds is 3. The Morgan fingerprint density at radius 1 is 1.39 bits per heavy atom. The van der Waals surface area contributed by atoms with Crippen LogP contribution in [0.25, 0.3) is 0 Å². The summed E-state index contributed by atoms with van der Waals surface area (Å²) in [6.07, 6.45) is -3.60. The number of aromatic nitrogens is 2. The molecular weight excluding hydrogens is 249 g/mol. The molecule has 1 aliphatic rings. The number of hydrogen-bond acceptors (Lipinski definition) is 5. The molecular formula is C10H13F3N4O. The molecule has 0 atom stereocenters. The molecule has 0 spiro atoms. The van der Waals surface area contributed by atoms with Crippen LogP contribution in [0, 0.1) is 5.92 Å². The number of aliphatic hydroxyl groups excluding tert-OH is 1. The van der Waals surface area contributed by atoms with Crippen molar-refractivity contribution in [1.29, 1.82) is 0 Å². The van der Waals surface area contributed by atoms with Gasteiger partial charge >= 0.3 is 6.18 Å². The van der Waals surface area contributed by atoms with Gasteiger partial charge in [0, 0.05) is 12.6 Å². The molecule has 1 fully saturated rings. The predicted molar refractivity (Wildman–Crippen MR) is 58.7 cm³/mol. The summed E-state index contributed by atoms with van der Waals surface area (Å²) in [7, 11) is 0. The van der Waals surface area contributed by atoms with E-state index in [-0.39, 0.29) is 23.7 Å². The molecule has 0 radical (unpaired) electrons. The third-order valence-corrected chi connectivity index (χ3v) is 2.78. The maximum absolute atomic E-state index is 12.4. The Hall–Kier alpha value is -1.57. The van der Waals surface area contributed by atoms with E-state index in [1.807, 2.05) is 0 Å². The zero-order chi connectivity index (χ0) is 13.3. The molecule has 5 nitrogen and oxygen atoms in total. The number of alkyl halides is 3. The summed E-state index contributed by atoms with van der Waals surface area (Å²) in [4.78, 5) is 6.50. The highest BCUT2D eigenvalue weighted by atomic mass is 19.4. The molecule has 1 heterocycles. The minimum absolute atomic E-state index is 0.0521. The van der Waals surface area contributed by atoms with E-state index in [2.05, 4.69) is 15.3 Å². The molecule has 1 aliphatic carbocycles. The van der Waals surface area contributed by atoms with Crippen molar-refractivity contribution >= 4 is 11.6 Å². The largest absolute Gasteiger partial charge is 0.451 e. The second-order valence-electron chi connectivity index (χ2n) is 4.37. The van der Waals surface area contributed by atoms with Crippen molar-refractivity contribution in [3.63, 3.8) is 0 Å². The van der Waals surface area contributed by atoms with Crippen LogP contribution in [-0.4, -0.2) is 27.7 Å². The van der Waals surface area contributed by atoms with Gasteiger partial charge in [0.25, 0.3) is 0 Å². The Morgan fingerprint density at radius 3 is 2.61 bits per heavy atom. The highest BCUT2D eigenvalue weighted by molar-refractivity contribution is 5.45. The SMILES string of the molecule is Nc1cc(NCC2CC(O)C2)nc(C(F)(F)F)n1. The van der Waals surface area contributed by atoms with E-state index >= 15 is 0 Å². The molecule has 0 saturated heterocycles. The Morgan fingerprint density at radius 2 is 2.06 bits per heavy atom. The van der Waals surface area contributed by atoms with Crippen molar-refractivity contribution in [3.05, 3.63) is 11.9 Å². The van der Waals surface area contributed by atoms with Crippen LogP contribution >= 0.6 is 0 Å². The Kier molecular flexibility index (Phi) is 3.29. The molecule has 8 heteroatoms. The fourth-order valence-electron chi connectivity index (χ4n) is 1.80. The molecule has 0 amide bonds. The number of aliphatic hydroxyl groups is 1. The summed E-state index contributed by atoms with van der Waals surface area (Å²) in [5.41, 5.74) is 5.30. The standard InChI is InChI=1S/C10H13F3N4O/c11-10(12,13)9-16-7(14)3-8(17-9)15-4-5-1-6(18)2-5/h3,5-6,18H,1-2,4H2,(H3,14,15,16,17). The number of halogens is 3. The van der Waals surface area contributed by atoms with Gasteiger partial charge in [0.05, 0.1) is 6.10 Å².